The lowest BCUT2D eigenvalue weighted by Gasteiger charge is -2.19. The molecule has 2 aromatic carbocycles. The molecule has 2 aromatic rings. The van der Waals surface area contributed by atoms with Crippen molar-refractivity contribution in [3.05, 3.63) is 71.2 Å². The monoisotopic (exact) mass is 332 g/mol. The van der Waals surface area contributed by atoms with Crippen LogP contribution in [-0.2, 0) is 16.6 Å². The average molecular weight is 332 g/mol. The van der Waals surface area contributed by atoms with E-state index >= 15 is 0 Å². The molecule has 0 saturated heterocycles. The van der Waals surface area contributed by atoms with Gasteiger partial charge in [0.2, 0.25) is 5.88 Å². The van der Waals surface area contributed by atoms with Crippen molar-refractivity contribution in [2.75, 3.05) is 4.31 Å². The third kappa shape index (κ3) is 2.95. The van der Waals surface area contributed by atoms with Crippen molar-refractivity contribution in [1.29, 1.82) is 0 Å². The molecule has 0 fully saturated rings. The fourth-order valence-corrected chi connectivity index (χ4v) is 3.76. The average Bonchev–Trinajstić information content (AvgIpc) is 2.72. The number of aliphatic hydroxyl groups excluding tert-OH is 1. The summed E-state index contributed by atoms with van der Waals surface area (Å²) >= 11 is 0. The molecule has 0 aliphatic carbocycles. The fraction of sp³-hybridized carbons (Fsp3) is 0.125. The Morgan fingerprint density at radius 2 is 1.78 bits per heavy atom. The van der Waals surface area contributed by atoms with Crippen LogP contribution in [0.15, 0.2) is 54.5 Å². The standard InChI is InChI=1S/C16H16N2O4S/c1-11-7-13(8-12-5-3-2-4-6-12)9-14(19)16(11)18-10-15(20)17-23(18,21)22/h2-7,9-10,17,19-20H,8H2,1H3. The zero-order chi connectivity index (χ0) is 16.6. The Hall–Kier alpha value is -2.67. The molecule has 0 amide bonds. The highest BCUT2D eigenvalue weighted by molar-refractivity contribution is 7.91. The molecule has 1 heterocycles. The highest BCUT2D eigenvalue weighted by Crippen LogP contribution is 2.36. The molecule has 0 saturated carbocycles. The first-order valence-corrected chi connectivity index (χ1v) is 8.40. The summed E-state index contributed by atoms with van der Waals surface area (Å²) in [5, 5.41) is 19.7. The van der Waals surface area contributed by atoms with Crippen LogP contribution in [0.5, 0.6) is 5.75 Å². The smallest absolute Gasteiger partial charge is 0.330 e. The molecule has 0 unspecified atom stereocenters. The van der Waals surface area contributed by atoms with Crippen LogP contribution in [0, 0.1) is 6.92 Å². The van der Waals surface area contributed by atoms with E-state index in [0.29, 0.717) is 12.0 Å². The summed E-state index contributed by atoms with van der Waals surface area (Å²) in [7, 11) is -3.93. The minimum atomic E-state index is -3.93. The molecule has 23 heavy (non-hydrogen) atoms. The van der Waals surface area contributed by atoms with Crippen molar-refractivity contribution in [2.45, 2.75) is 13.3 Å². The van der Waals surface area contributed by atoms with Gasteiger partial charge in [0.25, 0.3) is 0 Å². The van der Waals surface area contributed by atoms with E-state index in [-0.39, 0.29) is 11.4 Å². The predicted molar refractivity (Wildman–Crippen MR) is 87.3 cm³/mol. The molecule has 0 radical (unpaired) electrons. The summed E-state index contributed by atoms with van der Waals surface area (Å²) in [5.41, 5.74) is 2.67. The molecule has 0 bridgehead atoms. The van der Waals surface area contributed by atoms with E-state index in [4.69, 9.17) is 0 Å². The van der Waals surface area contributed by atoms with Gasteiger partial charge in [-0.25, -0.2) is 9.03 Å². The molecule has 0 spiro atoms. The summed E-state index contributed by atoms with van der Waals surface area (Å²) in [5.74, 6) is -0.649. The van der Waals surface area contributed by atoms with E-state index in [9.17, 15) is 18.6 Å². The molecule has 0 aromatic heterocycles. The highest BCUT2D eigenvalue weighted by Gasteiger charge is 2.31. The van der Waals surface area contributed by atoms with Gasteiger partial charge in [-0.15, -0.1) is 0 Å². The normalized spacial score (nSPS) is 16.0. The van der Waals surface area contributed by atoms with E-state index in [1.807, 2.05) is 41.1 Å². The van der Waals surface area contributed by atoms with E-state index in [0.717, 1.165) is 21.6 Å². The Kier molecular flexibility index (Phi) is 3.65. The van der Waals surface area contributed by atoms with E-state index in [2.05, 4.69) is 0 Å². The number of phenols is 1. The van der Waals surface area contributed by atoms with Crippen molar-refractivity contribution in [3.8, 4) is 5.75 Å². The number of aliphatic hydroxyl groups is 1. The van der Waals surface area contributed by atoms with Crippen LogP contribution in [-0.4, -0.2) is 18.6 Å². The quantitative estimate of drug-likeness (QED) is 0.804. The maximum absolute atomic E-state index is 11.9. The number of benzene rings is 2. The van der Waals surface area contributed by atoms with Gasteiger partial charge in [-0.3, -0.25) is 0 Å². The van der Waals surface area contributed by atoms with Crippen LogP contribution in [0.1, 0.15) is 16.7 Å². The zero-order valence-electron chi connectivity index (χ0n) is 12.4. The van der Waals surface area contributed by atoms with Gasteiger partial charge in [0.15, 0.2) is 0 Å². The van der Waals surface area contributed by atoms with Crippen LogP contribution < -0.4 is 9.03 Å². The van der Waals surface area contributed by atoms with Gasteiger partial charge in [-0.05, 0) is 36.1 Å². The van der Waals surface area contributed by atoms with Gasteiger partial charge in [0.1, 0.15) is 11.4 Å². The molecule has 3 N–H and O–H groups in total. The fourth-order valence-electron chi connectivity index (χ4n) is 2.63. The lowest BCUT2D eigenvalue weighted by molar-refractivity contribution is 0.392. The van der Waals surface area contributed by atoms with Gasteiger partial charge in [-0.1, -0.05) is 36.4 Å². The second-order valence-electron chi connectivity index (χ2n) is 5.36. The zero-order valence-corrected chi connectivity index (χ0v) is 13.2. The molecular formula is C16H16N2O4S. The van der Waals surface area contributed by atoms with E-state index in [1.54, 1.807) is 6.92 Å². The maximum Gasteiger partial charge on any atom is 0.330 e. The molecule has 1 aliphatic heterocycles. The lowest BCUT2D eigenvalue weighted by Crippen LogP contribution is -2.30. The van der Waals surface area contributed by atoms with Crippen molar-refractivity contribution in [3.63, 3.8) is 0 Å². The first kappa shape index (κ1) is 15.2. The van der Waals surface area contributed by atoms with E-state index < -0.39 is 16.1 Å². The number of aryl methyl sites for hydroxylation is 1. The number of hydrogen-bond donors (Lipinski definition) is 3. The number of hydrogen-bond acceptors (Lipinski definition) is 4. The molecule has 120 valence electrons. The molecule has 7 heteroatoms. The summed E-state index contributed by atoms with van der Waals surface area (Å²) in [4.78, 5) is 0. The summed E-state index contributed by atoms with van der Waals surface area (Å²) in [6.45, 7) is 1.71. The van der Waals surface area contributed by atoms with Crippen LogP contribution in [0.4, 0.5) is 5.69 Å². The Bertz CT molecular complexity index is 853. The number of phenolic OH excluding ortho intramolecular Hbond substituents is 1. The Morgan fingerprint density at radius 3 is 2.35 bits per heavy atom. The molecule has 0 atom stereocenters. The second kappa shape index (κ2) is 5.51. The number of aromatic hydroxyl groups is 1. The summed E-state index contributed by atoms with van der Waals surface area (Å²) in [6.07, 6.45) is 1.65. The number of rotatable bonds is 3. The van der Waals surface area contributed by atoms with Crippen molar-refractivity contribution >= 4 is 15.9 Å². The molecule has 3 rings (SSSR count). The van der Waals surface area contributed by atoms with Crippen LogP contribution >= 0.6 is 0 Å². The van der Waals surface area contributed by atoms with Gasteiger partial charge in [0.05, 0.1) is 6.20 Å². The number of anilines is 1. The predicted octanol–water partition coefficient (Wildman–Crippen LogP) is 2.30. The highest BCUT2D eigenvalue weighted by atomic mass is 32.2. The van der Waals surface area contributed by atoms with Gasteiger partial charge in [-0.2, -0.15) is 8.42 Å². The third-order valence-electron chi connectivity index (χ3n) is 3.54. The van der Waals surface area contributed by atoms with Gasteiger partial charge >= 0.3 is 10.2 Å². The first-order valence-electron chi connectivity index (χ1n) is 6.96. The van der Waals surface area contributed by atoms with Gasteiger partial charge in [0, 0.05) is 0 Å². The van der Waals surface area contributed by atoms with Crippen molar-refractivity contribution < 1.29 is 18.6 Å². The molecular weight excluding hydrogens is 316 g/mol. The Labute approximate surface area is 134 Å². The topological polar surface area (TPSA) is 89.9 Å². The number of nitrogens with zero attached hydrogens (tertiary/aromatic N) is 1. The summed E-state index contributed by atoms with van der Waals surface area (Å²) in [6, 6.07) is 13.1. The SMILES string of the molecule is Cc1cc(Cc2ccccc2)cc(O)c1N1C=C(O)NS1(=O)=O. The second-order valence-corrected chi connectivity index (χ2v) is 6.91. The summed E-state index contributed by atoms with van der Waals surface area (Å²) < 4.78 is 26.7. The minimum Gasteiger partial charge on any atom is -0.506 e. The van der Waals surface area contributed by atoms with Crippen LogP contribution in [0.3, 0.4) is 0 Å². The van der Waals surface area contributed by atoms with Crippen LogP contribution in [0.25, 0.3) is 0 Å². The van der Waals surface area contributed by atoms with Crippen molar-refractivity contribution in [1.82, 2.24) is 4.72 Å². The lowest BCUT2D eigenvalue weighted by atomic mass is 10.0. The molecule has 1 aliphatic rings. The third-order valence-corrected chi connectivity index (χ3v) is 4.82. The maximum atomic E-state index is 11.9. The van der Waals surface area contributed by atoms with Gasteiger partial charge < -0.3 is 10.2 Å². The van der Waals surface area contributed by atoms with Crippen LogP contribution in [0.2, 0.25) is 0 Å². The Balaban J connectivity index is 1.99. The molecule has 6 nitrogen and oxygen atoms in total. The van der Waals surface area contributed by atoms with E-state index in [1.165, 1.54) is 6.07 Å². The largest absolute Gasteiger partial charge is 0.506 e. The minimum absolute atomic E-state index is 0.123. The number of nitrogens with one attached hydrogen (secondary N) is 1. The Morgan fingerprint density at radius 1 is 1.09 bits per heavy atom. The first-order chi connectivity index (χ1) is 10.9. The van der Waals surface area contributed by atoms with Crippen molar-refractivity contribution in [2.24, 2.45) is 0 Å².